The average molecular weight is 349 g/mol. The molecule has 6 heteroatoms. The highest BCUT2D eigenvalue weighted by Crippen LogP contribution is 2.31. The average Bonchev–Trinajstić information content (AvgIpc) is 2.58. The number of amides is 1. The molecule has 126 valence electrons. The molecule has 0 bridgehead atoms. The van der Waals surface area contributed by atoms with Crippen molar-refractivity contribution in [1.29, 1.82) is 0 Å². The standard InChI is InChI=1S/C18H17F2NO2S/c19-14-6-5-12(11-15(14)20)24-10-8-18(22)21-16-7-9-23-17-4-2-1-3-13(16)17/h1-6,11,16H,7-10H2,(H,21,22)/t16-/m1/s1. The van der Waals surface area contributed by atoms with E-state index in [1.165, 1.54) is 17.8 Å². The lowest BCUT2D eigenvalue weighted by Gasteiger charge is -2.26. The predicted octanol–water partition coefficient (Wildman–Crippen LogP) is 4.09. The molecule has 0 aliphatic carbocycles. The number of para-hydroxylation sites is 1. The third-order valence-corrected chi connectivity index (χ3v) is 4.78. The molecule has 3 nitrogen and oxygen atoms in total. The molecular formula is C18H17F2NO2S. The van der Waals surface area contributed by atoms with Crippen LogP contribution in [0.4, 0.5) is 8.78 Å². The lowest BCUT2D eigenvalue weighted by molar-refractivity contribution is -0.121. The molecule has 0 radical (unpaired) electrons. The van der Waals surface area contributed by atoms with Crippen LogP contribution in [-0.2, 0) is 4.79 Å². The molecule has 0 saturated heterocycles. The summed E-state index contributed by atoms with van der Waals surface area (Å²) in [5, 5.41) is 3.02. The SMILES string of the molecule is O=C(CCSc1ccc(F)c(F)c1)N[C@@H]1CCOc2ccccc21. The largest absolute Gasteiger partial charge is 0.493 e. The van der Waals surface area contributed by atoms with Gasteiger partial charge < -0.3 is 10.1 Å². The highest BCUT2D eigenvalue weighted by Gasteiger charge is 2.22. The third-order valence-electron chi connectivity index (χ3n) is 3.78. The Morgan fingerprint density at radius 1 is 1.21 bits per heavy atom. The number of carbonyl (C=O) groups is 1. The number of fused-ring (bicyclic) bond motifs is 1. The Bertz CT molecular complexity index is 739. The van der Waals surface area contributed by atoms with Gasteiger partial charge in [-0.3, -0.25) is 4.79 Å². The van der Waals surface area contributed by atoms with Crippen molar-refractivity contribution in [3.05, 3.63) is 59.7 Å². The van der Waals surface area contributed by atoms with Crippen molar-refractivity contribution in [3.8, 4) is 5.75 Å². The molecule has 0 fully saturated rings. The number of nitrogens with one attached hydrogen (secondary N) is 1. The third kappa shape index (κ3) is 4.06. The van der Waals surface area contributed by atoms with Gasteiger partial charge in [-0.1, -0.05) is 18.2 Å². The minimum atomic E-state index is -0.872. The van der Waals surface area contributed by atoms with Crippen LogP contribution in [0.3, 0.4) is 0 Å². The van der Waals surface area contributed by atoms with Crippen molar-refractivity contribution in [2.45, 2.75) is 23.8 Å². The summed E-state index contributed by atoms with van der Waals surface area (Å²) in [6.45, 7) is 0.575. The fourth-order valence-corrected chi connectivity index (χ4v) is 3.46. The summed E-state index contributed by atoms with van der Waals surface area (Å²) in [4.78, 5) is 12.7. The molecule has 0 spiro atoms. The van der Waals surface area contributed by atoms with Gasteiger partial charge in [0.05, 0.1) is 12.6 Å². The number of benzene rings is 2. The number of hydrogen-bond acceptors (Lipinski definition) is 3. The maximum Gasteiger partial charge on any atom is 0.221 e. The van der Waals surface area contributed by atoms with E-state index in [4.69, 9.17) is 4.74 Å². The molecule has 3 rings (SSSR count). The second-order valence-corrected chi connectivity index (χ2v) is 6.64. The lowest BCUT2D eigenvalue weighted by Crippen LogP contribution is -2.32. The van der Waals surface area contributed by atoms with E-state index >= 15 is 0 Å². The van der Waals surface area contributed by atoms with E-state index in [2.05, 4.69) is 5.32 Å². The topological polar surface area (TPSA) is 38.3 Å². The van der Waals surface area contributed by atoms with E-state index in [0.717, 1.165) is 29.9 Å². The fraction of sp³-hybridized carbons (Fsp3) is 0.278. The first kappa shape index (κ1) is 16.8. The Kier molecular flexibility index (Phi) is 5.35. The summed E-state index contributed by atoms with van der Waals surface area (Å²) < 4.78 is 31.6. The van der Waals surface area contributed by atoms with Gasteiger partial charge in [-0.05, 0) is 24.3 Å². The Hall–Kier alpha value is -2.08. The summed E-state index contributed by atoms with van der Waals surface area (Å²) in [5.74, 6) is -0.488. The van der Waals surface area contributed by atoms with Crippen molar-refractivity contribution >= 4 is 17.7 Å². The van der Waals surface area contributed by atoms with E-state index in [0.29, 0.717) is 23.7 Å². The zero-order valence-electron chi connectivity index (χ0n) is 12.9. The molecule has 1 amide bonds. The van der Waals surface area contributed by atoms with Crippen molar-refractivity contribution in [3.63, 3.8) is 0 Å². The van der Waals surface area contributed by atoms with E-state index in [9.17, 15) is 13.6 Å². The Morgan fingerprint density at radius 3 is 2.88 bits per heavy atom. The van der Waals surface area contributed by atoms with Crippen LogP contribution < -0.4 is 10.1 Å². The summed E-state index contributed by atoms with van der Waals surface area (Å²) in [6, 6.07) is 11.4. The van der Waals surface area contributed by atoms with E-state index in [1.807, 2.05) is 24.3 Å². The van der Waals surface area contributed by atoms with Gasteiger partial charge in [0.15, 0.2) is 11.6 Å². The molecule has 2 aromatic carbocycles. The van der Waals surface area contributed by atoms with E-state index in [1.54, 1.807) is 0 Å². The summed E-state index contributed by atoms with van der Waals surface area (Å²) in [7, 11) is 0. The van der Waals surface area contributed by atoms with Gasteiger partial charge in [-0.25, -0.2) is 8.78 Å². The molecule has 0 unspecified atom stereocenters. The maximum absolute atomic E-state index is 13.1. The molecule has 1 atom stereocenters. The highest BCUT2D eigenvalue weighted by atomic mass is 32.2. The summed E-state index contributed by atoms with van der Waals surface area (Å²) >= 11 is 1.33. The summed E-state index contributed by atoms with van der Waals surface area (Å²) in [5.41, 5.74) is 0.991. The first-order valence-electron chi connectivity index (χ1n) is 7.72. The second kappa shape index (κ2) is 7.66. The number of halogens is 2. The van der Waals surface area contributed by atoms with Crippen LogP contribution in [0.2, 0.25) is 0 Å². The van der Waals surface area contributed by atoms with Gasteiger partial charge >= 0.3 is 0 Å². The van der Waals surface area contributed by atoms with Crippen molar-refractivity contribution in [2.24, 2.45) is 0 Å². The zero-order valence-corrected chi connectivity index (χ0v) is 13.7. The zero-order chi connectivity index (χ0) is 16.9. The fourth-order valence-electron chi connectivity index (χ4n) is 2.59. The Balaban J connectivity index is 1.50. The smallest absolute Gasteiger partial charge is 0.221 e. The number of ether oxygens (including phenoxy) is 1. The van der Waals surface area contributed by atoms with Crippen LogP contribution >= 0.6 is 11.8 Å². The van der Waals surface area contributed by atoms with Gasteiger partial charge in [0.2, 0.25) is 5.91 Å². The molecule has 1 aliphatic rings. The molecule has 24 heavy (non-hydrogen) atoms. The molecule has 1 aliphatic heterocycles. The minimum absolute atomic E-state index is 0.0456. The predicted molar refractivity (Wildman–Crippen MR) is 89.1 cm³/mol. The molecule has 2 aromatic rings. The Labute approximate surface area is 143 Å². The molecule has 0 saturated carbocycles. The van der Waals surface area contributed by atoms with Gasteiger partial charge in [-0.15, -0.1) is 11.8 Å². The molecule has 1 N–H and O–H groups in total. The van der Waals surface area contributed by atoms with Crippen LogP contribution in [0.25, 0.3) is 0 Å². The highest BCUT2D eigenvalue weighted by molar-refractivity contribution is 7.99. The van der Waals surface area contributed by atoms with Gasteiger partial charge in [0.1, 0.15) is 5.75 Å². The van der Waals surface area contributed by atoms with Gasteiger partial charge in [0, 0.05) is 29.1 Å². The second-order valence-electron chi connectivity index (χ2n) is 5.47. The molecule has 1 heterocycles. The quantitative estimate of drug-likeness (QED) is 0.827. The first-order valence-corrected chi connectivity index (χ1v) is 8.71. The number of carbonyl (C=O) groups excluding carboxylic acids is 1. The van der Waals surface area contributed by atoms with Crippen LogP contribution in [-0.4, -0.2) is 18.3 Å². The summed E-state index contributed by atoms with van der Waals surface area (Å²) in [6.07, 6.45) is 1.04. The minimum Gasteiger partial charge on any atom is -0.493 e. The van der Waals surface area contributed by atoms with Gasteiger partial charge in [0.25, 0.3) is 0 Å². The maximum atomic E-state index is 13.1. The monoisotopic (exact) mass is 349 g/mol. The van der Waals surface area contributed by atoms with Crippen molar-refractivity contribution in [2.75, 3.05) is 12.4 Å². The van der Waals surface area contributed by atoms with Crippen molar-refractivity contribution in [1.82, 2.24) is 5.32 Å². The van der Waals surface area contributed by atoms with E-state index in [-0.39, 0.29) is 11.9 Å². The van der Waals surface area contributed by atoms with E-state index < -0.39 is 11.6 Å². The van der Waals surface area contributed by atoms with Crippen molar-refractivity contribution < 1.29 is 18.3 Å². The number of rotatable bonds is 5. The van der Waals surface area contributed by atoms with Crippen LogP contribution in [0.5, 0.6) is 5.75 Å². The molecular weight excluding hydrogens is 332 g/mol. The lowest BCUT2D eigenvalue weighted by atomic mass is 10.0. The normalized spacial score (nSPS) is 16.2. The number of thioether (sulfide) groups is 1. The Morgan fingerprint density at radius 2 is 2.04 bits per heavy atom. The van der Waals surface area contributed by atoms with Crippen LogP contribution in [0.15, 0.2) is 47.4 Å². The first-order chi connectivity index (χ1) is 11.6. The van der Waals surface area contributed by atoms with Crippen LogP contribution in [0, 0.1) is 11.6 Å². The van der Waals surface area contributed by atoms with Crippen LogP contribution in [0.1, 0.15) is 24.4 Å². The molecule has 0 aromatic heterocycles. The number of hydrogen-bond donors (Lipinski definition) is 1. The van der Waals surface area contributed by atoms with Gasteiger partial charge in [-0.2, -0.15) is 0 Å².